The van der Waals surface area contributed by atoms with Gasteiger partial charge in [0.25, 0.3) is 5.91 Å². The minimum atomic E-state index is -0.642. The van der Waals surface area contributed by atoms with E-state index in [0.29, 0.717) is 30.4 Å². The fourth-order valence-electron chi connectivity index (χ4n) is 4.13. The lowest BCUT2D eigenvalue weighted by atomic mass is 9.84. The van der Waals surface area contributed by atoms with Crippen LogP contribution in [0.1, 0.15) is 85.0 Å². The molecule has 1 aromatic carbocycles. The second kappa shape index (κ2) is 11.8. The zero-order chi connectivity index (χ0) is 26.4. The topological polar surface area (TPSA) is 91.7 Å². The number of hydrogen-bond donors (Lipinski definition) is 2. The van der Waals surface area contributed by atoms with Crippen LogP contribution in [0.4, 0.5) is 5.69 Å². The predicted molar refractivity (Wildman–Crippen MR) is 143 cm³/mol. The van der Waals surface area contributed by atoms with E-state index in [0.717, 1.165) is 25.2 Å². The average molecular weight is 486 g/mol. The van der Waals surface area contributed by atoms with E-state index < -0.39 is 16.9 Å². The van der Waals surface area contributed by atoms with Crippen LogP contribution in [0, 0.1) is 5.41 Å². The fourth-order valence-corrected chi connectivity index (χ4v) is 4.13. The number of nitrogens with one attached hydrogen (secondary N) is 2. The number of ketones is 1. The Morgan fingerprint density at radius 1 is 1.00 bits per heavy atom. The molecule has 0 saturated carbocycles. The molecular weight excluding hydrogens is 442 g/mol. The first-order chi connectivity index (χ1) is 16.3. The molecule has 7 heteroatoms. The Bertz CT molecular complexity index is 1070. The van der Waals surface area contributed by atoms with E-state index in [1.807, 2.05) is 39.0 Å². The van der Waals surface area contributed by atoms with E-state index in [1.165, 1.54) is 0 Å². The molecule has 0 aliphatic carbocycles. The standard InChI is InChI=1S/C28H43N3O4/c1-9-31(10-2)20-15-14-19-17-21(26(34)35-23(19)18-20)25(33)29-16-12-11-13-22(30-28(6,7)8)24(32)27(3,4)5/h14-15,17-18,22,30H,9-13,16H2,1-8H3,(H,29,33). The van der Waals surface area contributed by atoms with Crippen LogP contribution >= 0.6 is 0 Å². The number of carbonyl (C=O) groups excluding carboxylic acids is 2. The number of fused-ring (bicyclic) bond motifs is 1. The quantitative estimate of drug-likeness (QED) is 0.347. The predicted octanol–water partition coefficient (Wildman–Crippen LogP) is 4.91. The van der Waals surface area contributed by atoms with Gasteiger partial charge in [0.1, 0.15) is 11.1 Å². The third-order valence-electron chi connectivity index (χ3n) is 5.96. The Morgan fingerprint density at radius 2 is 1.66 bits per heavy atom. The number of amides is 1. The second-order valence-corrected chi connectivity index (χ2v) is 11.2. The van der Waals surface area contributed by atoms with Crippen LogP contribution in [0.25, 0.3) is 11.0 Å². The average Bonchev–Trinajstić information content (AvgIpc) is 2.76. The van der Waals surface area contributed by atoms with E-state index in [1.54, 1.807) is 6.07 Å². The maximum absolute atomic E-state index is 12.9. The maximum atomic E-state index is 12.9. The van der Waals surface area contributed by atoms with Crippen molar-refractivity contribution in [3.8, 4) is 0 Å². The molecule has 2 N–H and O–H groups in total. The van der Waals surface area contributed by atoms with E-state index in [2.05, 4.69) is 50.2 Å². The van der Waals surface area contributed by atoms with Crippen LogP contribution in [0.5, 0.6) is 0 Å². The molecule has 1 aromatic heterocycles. The van der Waals surface area contributed by atoms with Crippen molar-refractivity contribution in [2.45, 2.75) is 86.2 Å². The Balaban J connectivity index is 1.98. The summed E-state index contributed by atoms with van der Waals surface area (Å²) in [6.07, 6.45) is 2.17. The lowest BCUT2D eigenvalue weighted by molar-refractivity contribution is -0.129. The van der Waals surface area contributed by atoms with Gasteiger partial charge >= 0.3 is 5.63 Å². The molecule has 0 radical (unpaired) electrons. The Kier molecular flexibility index (Phi) is 9.67. The van der Waals surface area contributed by atoms with Gasteiger partial charge in [0.2, 0.25) is 0 Å². The third-order valence-corrected chi connectivity index (χ3v) is 5.96. The summed E-state index contributed by atoms with van der Waals surface area (Å²) in [4.78, 5) is 40.2. The Morgan fingerprint density at radius 3 is 2.23 bits per heavy atom. The fraction of sp³-hybridized carbons (Fsp3) is 0.607. The number of anilines is 1. The summed E-state index contributed by atoms with van der Waals surface area (Å²) < 4.78 is 5.47. The Hall–Kier alpha value is -2.67. The largest absolute Gasteiger partial charge is 0.422 e. The van der Waals surface area contributed by atoms with Gasteiger partial charge in [-0.3, -0.25) is 9.59 Å². The number of nitrogens with zero attached hydrogens (tertiary/aromatic N) is 1. The zero-order valence-electron chi connectivity index (χ0n) is 22.7. The van der Waals surface area contributed by atoms with E-state index in [4.69, 9.17) is 4.42 Å². The minimum absolute atomic E-state index is 0.00303. The van der Waals surface area contributed by atoms with Gasteiger partial charge < -0.3 is 20.0 Å². The molecule has 0 bridgehead atoms. The first kappa shape index (κ1) is 28.6. The normalized spacial score (nSPS) is 13.0. The van der Waals surface area contributed by atoms with E-state index >= 15 is 0 Å². The smallest absolute Gasteiger partial charge is 0.349 e. The molecule has 35 heavy (non-hydrogen) atoms. The van der Waals surface area contributed by atoms with Crippen molar-refractivity contribution in [3.63, 3.8) is 0 Å². The molecular formula is C28H43N3O4. The molecule has 0 fully saturated rings. The van der Waals surface area contributed by atoms with Crippen LogP contribution in [0.15, 0.2) is 33.5 Å². The molecule has 1 atom stereocenters. The first-order valence-corrected chi connectivity index (χ1v) is 12.7. The van der Waals surface area contributed by atoms with Crippen LogP contribution in [0.2, 0.25) is 0 Å². The van der Waals surface area contributed by atoms with E-state index in [9.17, 15) is 14.4 Å². The lowest BCUT2D eigenvalue weighted by Gasteiger charge is -2.31. The number of Topliss-reactive ketones (excluding diaryl/α,β-unsaturated/α-hetero) is 1. The molecule has 2 aromatic rings. The van der Waals surface area contributed by atoms with Gasteiger partial charge in [-0.05, 0) is 72.1 Å². The minimum Gasteiger partial charge on any atom is -0.422 e. The van der Waals surface area contributed by atoms with Gasteiger partial charge in [0.15, 0.2) is 5.78 Å². The molecule has 0 saturated heterocycles. The highest BCUT2D eigenvalue weighted by Crippen LogP contribution is 2.23. The maximum Gasteiger partial charge on any atom is 0.349 e. The van der Waals surface area contributed by atoms with Crippen LogP contribution < -0.4 is 21.2 Å². The Labute approximate surface area is 209 Å². The highest BCUT2D eigenvalue weighted by Gasteiger charge is 2.31. The van der Waals surface area contributed by atoms with Crippen LogP contribution in [0.3, 0.4) is 0 Å². The van der Waals surface area contributed by atoms with E-state index in [-0.39, 0.29) is 22.9 Å². The van der Waals surface area contributed by atoms with Crippen molar-refractivity contribution in [3.05, 3.63) is 40.2 Å². The molecule has 0 aliphatic rings. The van der Waals surface area contributed by atoms with Crippen molar-refractivity contribution in [1.82, 2.24) is 10.6 Å². The van der Waals surface area contributed by atoms with Crippen molar-refractivity contribution < 1.29 is 14.0 Å². The number of rotatable bonds is 11. The molecule has 7 nitrogen and oxygen atoms in total. The summed E-state index contributed by atoms with van der Waals surface area (Å²) in [7, 11) is 0. The molecule has 0 aliphatic heterocycles. The van der Waals surface area contributed by atoms with Gasteiger partial charge in [-0.1, -0.05) is 20.8 Å². The lowest BCUT2D eigenvalue weighted by Crippen LogP contribution is -2.50. The van der Waals surface area contributed by atoms with Gasteiger partial charge in [0, 0.05) is 47.7 Å². The zero-order valence-corrected chi connectivity index (χ0v) is 22.7. The van der Waals surface area contributed by atoms with Gasteiger partial charge in [-0.2, -0.15) is 0 Å². The summed E-state index contributed by atoms with van der Waals surface area (Å²) in [5.41, 5.74) is 0.215. The number of unbranched alkanes of at least 4 members (excludes halogenated alkanes) is 1. The van der Waals surface area contributed by atoms with Gasteiger partial charge in [-0.25, -0.2) is 4.79 Å². The number of benzene rings is 1. The second-order valence-electron chi connectivity index (χ2n) is 11.2. The highest BCUT2D eigenvalue weighted by molar-refractivity contribution is 5.97. The number of hydrogen-bond acceptors (Lipinski definition) is 6. The summed E-state index contributed by atoms with van der Waals surface area (Å²) in [5.74, 6) is -0.252. The number of carbonyl (C=O) groups is 2. The monoisotopic (exact) mass is 485 g/mol. The SMILES string of the molecule is CCN(CC)c1ccc2cc(C(=O)NCCCCC(NC(C)(C)C)C(=O)C(C)(C)C)c(=O)oc2c1. The third kappa shape index (κ3) is 8.20. The van der Waals surface area contributed by atoms with Crippen LogP contribution in [-0.4, -0.2) is 42.9 Å². The summed E-state index contributed by atoms with van der Waals surface area (Å²) in [5, 5.41) is 6.97. The first-order valence-electron chi connectivity index (χ1n) is 12.7. The molecule has 0 spiro atoms. The summed E-state index contributed by atoms with van der Waals surface area (Å²) in [6.45, 7) is 18.2. The van der Waals surface area contributed by atoms with Crippen LogP contribution in [-0.2, 0) is 4.79 Å². The van der Waals surface area contributed by atoms with Crippen molar-refractivity contribution >= 4 is 28.3 Å². The molecule has 194 valence electrons. The van der Waals surface area contributed by atoms with Gasteiger partial charge in [0.05, 0.1) is 6.04 Å². The molecule has 2 rings (SSSR count). The van der Waals surface area contributed by atoms with Crippen molar-refractivity contribution in [2.75, 3.05) is 24.5 Å². The molecule has 1 unspecified atom stereocenters. The summed E-state index contributed by atoms with van der Waals surface area (Å²) in [6, 6.07) is 7.04. The van der Waals surface area contributed by atoms with Crippen molar-refractivity contribution in [2.24, 2.45) is 5.41 Å². The highest BCUT2D eigenvalue weighted by atomic mass is 16.4. The molecule has 1 heterocycles. The molecule has 1 amide bonds. The van der Waals surface area contributed by atoms with Crippen molar-refractivity contribution in [1.29, 1.82) is 0 Å². The summed E-state index contributed by atoms with van der Waals surface area (Å²) >= 11 is 0. The van der Waals surface area contributed by atoms with Gasteiger partial charge in [-0.15, -0.1) is 0 Å².